The quantitative estimate of drug-likeness (QED) is 0.346. The summed E-state index contributed by atoms with van der Waals surface area (Å²) in [7, 11) is 0. The van der Waals surface area contributed by atoms with Crippen molar-refractivity contribution in [2.24, 2.45) is 0 Å². The first-order valence-corrected chi connectivity index (χ1v) is 3.49. The second kappa shape index (κ2) is 6.81. The van der Waals surface area contributed by atoms with Crippen molar-refractivity contribution in [3.8, 4) is 12.3 Å². The van der Waals surface area contributed by atoms with Gasteiger partial charge in [-0.25, -0.2) is 0 Å². The van der Waals surface area contributed by atoms with Crippen LogP contribution in [0.1, 0.15) is 19.3 Å². The zero-order chi connectivity index (χ0) is 8.53. The van der Waals surface area contributed by atoms with E-state index in [1.165, 1.54) is 0 Å². The van der Waals surface area contributed by atoms with Crippen LogP contribution < -0.4 is 5.32 Å². The zero-order valence-electron chi connectivity index (χ0n) is 6.30. The van der Waals surface area contributed by atoms with Crippen molar-refractivity contribution < 1.29 is 9.59 Å². The van der Waals surface area contributed by atoms with E-state index in [1.807, 2.05) is 5.92 Å². The molecule has 0 atom stereocenters. The second-order valence-corrected chi connectivity index (χ2v) is 2.06. The summed E-state index contributed by atoms with van der Waals surface area (Å²) in [5.74, 6) is 1.54. The van der Waals surface area contributed by atoms with Gasteiger partial charge in [-0.1, -0.05) is 0 Å². The van der Waals surface area contributed by atoms with Crippen LogP contribution in [0.3, 0.4) is 0 Å². The van der Waals surface area contributed by atoms with E-state index in [0.717, 1.165) is 19.1 Å². The summed E-state index contributed by atoms with van der Waals surface area (Å²) in [5, 5.41) is 2.50. The fourth-order valence-electron chi connectivity index (χ4n) is 0.606. The molecule has 0 aliphatic carbocycles. The summed E-state index contributed by atoms with van der Waals surface area (Å²) in [6.45, 7) is 0.552. The highest BCUT2D eigenvalue weighted by molar-refractivity contribution is 5.92. The van der Waals surface area contributed by atoms with E-state index in [1.54, 1.807) is 0 Å². The van der Waals surface area contributed by atoms with Gasteiger partial charge >= 0.3 is 0 Å². The van der Waals surface area contributed by atoms with Crippen LogP contribution in [0.5, 0.6) is 0 Å². The zero-order valence-corrected chi connectivity index (χ0v) is 6.30. The van der Waals surface area contributed by atoms with Crippen molar-refractivity contribution >= 4 is 12.2 Å². The van der Waals surface area contributed by atoms with E-state index in [9.17, 15) is 9.59 Å². The Morgan fingerprint density at radius 1 is 1.55 bits per heavy atom. The van der Waals surface area contributed by atoms with Gasteiger partial charge in [-0.05, 0) is 18.8 Å². The van der Waals surface area contributed by atoms with Gasteiger partial charge in [0.1, 0.15) is 6.29 Å². The first kappa shape index (κ1) is 9.70. The van der Waals surface area contributed by atoms with Crippen molar-refractivity contribution in [1.29, 1.82) is 0 Å². The SMILES string of the molecule is C#CC(=O)NCCCCC=O. The van der Waals surface area contributed by atoms with Gasteiger partial charge in [0.05, 0.1) is 0 Å². The van der Waals surface area contributed by atoms with Crippen molar-refractivity contribution in [2.45, 2.75) is 19.3 Å². The molecule has 0 heterocycles. The molecule has 0 aromatic heterocycles. The normalized spacial score (nSPS) is 8.27. The summed E-state index contributed by atoms with van der Waals surface area (Å²) in [4.78, 5) is 20.3. The number of unbranched alkanes of at least 4 members (excludes halogenated alkanes) is 2. The van der Waals surface area contributed by atoms with Gasteiger partial charge in [-0.2, -0.15) is 0 Å². The molecule has 0 aromatic carbocycles. The Kier molecular flexibility index (Phi) is 6.01. The molecule has 1 N–H and O–H groups in total. The molecule has 0 spiro atoms. The van der Waals surface area contributed by atoms with Gasteiger partial charge < -0.3 is 10.1 Å². The van der Waals surface area contributed by atoms with E-state index in [-0.39, 0.29) is 0 Å². The summed E-state index contributed by atoms with van der Waals surface area (Å²) in [6, 6.07) is 0. The Labute approximate surface area is 66.2 Å². The molecular formula is C8H11NO2. The van der Waals surface area contributed by atoms with Gasteiger partial charge in [-0.3, -0.25) is 4.79 Å². The maximum absolute atomic E-state index is 10.4. The van der Waals surface area contributed by atoms with Crippen LogP contribution in [0.15, 0.2) is 0 Å². The van der Waals surface area contributed by atoms with E-state index in [0.29, 0.717) is 13.0 Å². The van der Waals surface area contributed by atoms with Crippen LogP contribution in [-0.4, -0.2) is 18.7 Å². The van der Waals surface area contributed by atoms with E-state index in [2.05, 4.69) is 5.32 Å². The Morgan fingerprint density at radius 2 is 2.27 bits per heavy atom. The molecule has 60 valence electrons. The van der Waals surface area contributed by atoms with Crippen LogP contribution in [0.2, 0.25) is 0 Å². The molecule has 0 aromatic rings. The van der Waals surface area contributed by atoms with Crippen molar-refractivity contribution in [1.82, 2.24) is 5.32 Å². The molecule has 3 nitrogen and oxygen atoms in total. The highest BCUT2D eigenvalue weighted by atomic mass is 16.1. The largest absolute Gasteiger partial charge is 0.345 e. The first-order chi connectivity index (χ1) is 5.31. The number of rotatable bonds is 5. The highest BCUT2D eigenvalue weighted by Gasteiger charge is 1.92. The topological polar surface area (TPSA) is 46.2 Å². The third-order valence-electron chi connectivity index (χ3n) is 1.17. The fourth-order valence-corrected chi connectivity index (χ4v) is 0.606. The number of carbonyl (C=O) groups excluding carboxylic acids is 2. The predicted molar refractivity (Wildman–Crippen MR) is 41.8 cm³/mol. The Balaban J connectivity index is 3.09. The lowest BCUT2D eigenvalue weighted by Gasteiger charge is -1.97. The molecule has 0 saturated heterocycles. The molecule has 0 aliphatic rings. The minimum absolute atomic E-state index is 0.392. The van der Waals surface area contributed by atoms with Crippen molar-refractivity contribution in [3.05, 3.63) is 0 Å². The highest BCUT2D eigenvalue weighted by Crippen LogP contribution is 1.89. The number of carbonyl (C=O) groups is 2. The van der Waals surface area contributed by atoms with Crippen LogP contribution in [0, 0.1) is 12.3 Å². The van der Waals surface area contributed by atoms with Crippen molar-refractivity contribution in [2.75, 3.05) is 6.54 Å². The third kappa shape index (κ3) is 6.59. The number of nitrogens with one attached hydrogen (secondary N) is 1. The molecule has 0 unspecified atom stereocenters. The first-order valence-electron chi connectivity index (χ1n) is 3.49. The maximum atomic E-state index is 10.4. The Bertz CT molecular complexity index is 169. The standard InChI is InChI=1S/C8H11NO2/c1-2-8(11)9-6-4-3-5-7-10/h1,7H,3-6H2,(H,9,11). The average molecular weight is 153 g/mol. The molecule has 1 amide bonds. The lowest BCUT2D eigenvalue weighted by Crippen LogP contribution is -2.22. The molecule has 3 heteroatoms. The van der Waals surface area contributed by atoms with Crippen LogP contribution >= 0.6 is 0 Å². The summed E-state index contributed by atoms with van der Waals surface area (Å²) in [5.41, 5.74) is 0. The summed E-state index contributed by atoms with van der Waals surface area (Å²) < 4.78 is 0. The fraction of sp³-hybridized carbons (Fsp3) is 0.500. The van der Waals surface area contributed by atoms with Crippen LogP contribution in [-0.2, 0) is 9.59 Å². The number of amides is 1. The number of terminal acetylenes is 1. The summed E-state index contributed by atoms with van der Waals surface area (Å²) in [6.07, 6.45) is 7.80. The van der Waals surface area contributed by atoms with Gasteiger partial charge in [-0.15, -0.1) is 6.42 Å². The third-order valence-corrected chi connectivity index (χ3v) is 1.17. The minimum Gasteiger partial charge on any atom is -0.345 e. The predicted octanol–water partition coefficient (Wildman–Crippen LogP) is 0.105. The monoisotopic (exact) mass is 153 g/mol. The number of hydrogen-bond donors (Lipinski definition) is 1. The van der Waals surface area contributed by atoms with Gasteiger partial charge in [0.25, 0.3) is 5.91 Å². The Morgan fingerprint density at radius 3 is 2.82 bits per heavy atom. The van der Waals surface area contributed by atoms with Crippen LogP contribution in [0.25, 0.3) is 0 Å². The summed E-state index contributed by atoms with van der Waals surface area (Å²) >= 11 is 0. The second-order valence-electron chi connectivity index (χ2n) is 2.06. The molecule has 0 saturated carbocycles. The molecular weight excluding hydrogens is 142 g/mol. The molecule has 0 radical (unpaired) electrons. The van der Waals surface area contributed by atoms with Crippen molar-refractivity contribution in [3.63, 3.8) is 0 Å². The molecule has 0 fully saturated rings. The molecule has 0 rings (SSSR count). The maximum Gasteiger partial charge on any atom is 0.295 e. The lowest BCUT2D eigenvalue weighted by molar-refractivity contribution is -0.115. The Hall–Kier alpha value is -1.30. The molecule has 11 heavy (non-hydrogen) atoms. The van der Waals surface area contributed by atoms with Gasteiger partial charge in [0.15, 0.2) is 0 Å². The van der Waals surface area contributed by atoms with Crippen LogP contribution in [0.4, 0.5) is 0 Å². The average Bonchev–Trinajstić information content (AvgIpc) is 2.04. The number of hydrogen-bond acceptors (Lipinski definition) is 2. The number of aldehydes is 1. The van der Waals surface area contributed by atoms with Gasteiger partial charge in [0.2, 0.25) is 0 Å². The molecule has 0 aliphatic heterocycles. The van der Waals surface area contributed by atoms with Gasteiger partial charge in [0, 0.05) is 13.0 Å². The van der Waals surface area contributed by atoms with E-state index < -0.39 is 5.91 Å². The lowest BCUT2D eigenvalue weighted by atomic mass is 10.2. The van der Waals surface area contributed by atoms with E-state index >= 15 is 0 Å². The van der Waals surface area contributed by atoms with E-state index in [4.69, 9.17) is 6.42 Å². The smallest absolute Gasteiger partial charge is 0.295 e. The molecule has 0 bridgehead atoms. The minimum atomic E-state index is -0.392.